The molecule has 2 heterocycles. The number of hydrogen-bond acceptors (Lipinski definition) is 4. The van der Waals surface area contributed by atoms with E-state index in [1.54, 1.807) is 16.7 Å². The summed E-state index contributed by atoms with van der Waals surface area (Å²) in [6.07, 6.45) is 0. The summed E-state index contributed by atoms with van der Waals surface area (Å²) in [5, 5.41) is 3.79. The smallest absolute Gasteiger partial charge is 0.256 e. The maximum Gasteiger partial charge on any atom is 0.256 e. The molecule has 1 unspecified atom stereocenters. The zero-order chi connectivity index (χ0) is 20.5. The van der Waals surface area contributed by atoms with Gasteiger partial charge in [0.15, 0.2) is 0 Å². The Bertz CT molecular complexity index is 1110. The highest BCUT2D eigenvalue weighted by Gasteiger charge is 2.35. The summed E-state index contributed by atoms with van der Waals surface area (Å²) in [5.41, 5.74) is 5.23. The van der Waals surface area contributed by atoms with E-state index in [0.29, 0.717) is 17.2 Å². The number of carbonyl (C=O) groups is 2. The summed E-state index contributed by atoms with van der Waals surface area (Å²) in [6.45, 7) is 5.94. The molecule has 148 valence electrons. The van der Waals surface area contributed by atoms with Crippen LogP contribution in [0.3, 0.4) is 0 Å². The van der Waals surface area contributed by atoms with Gasteiger partial charge in [-0.15, -0.1) is 11.8 Å². The highest BCUT2D eigenvalue weighted by atomic mass is 32.2. The van der Waals surface area contributed by atoms with Crippen molar-refractivity contribution in [3.05, 3.63) is 70.9 Å². The third kappa shape index (κ3) is 3.85. The van der Waals surface area contributed by atoms with Gasteiger partial charge in [0.25, 0.3) is 5.91 Å². The van der Waals surface area contributed by atoms with Gasteiger partial charge in [-0.1, -0.05) is 24.3 Å². The molecule has 0 radical (unpaired) electrons. The number of aryl methyl sites for hydroxylation is 3. The van der Waals surface area contributed by atoms with Crippen LogP contribution in [0.1, 0.15) is 27.2 Å². The van der Waals surface area contributed by atoms with Crippen molar-refractivity contribution in [3.63, 3.8) is 0 Å². The molecule has 3 aromatic rings. The van der Waals surface area contributed by atoms with Crippen molar-refractivity contribution in [3.8, 4) is 0 Å². The molecule has 1 aliphatic heterocycles. The molecule has 1 atom stereocenters. The summed E-state index contributed by atoms with van der Waals surface area (Å²) in [6, 6.07) is 14.8. The SMILES string of the molecule is Cc1cc(C(=O)N2CSCC2C(=O)Nc2ccc(C)c(C)c2)c2ccccc2n1. The van der Waals surface area contributed by atoms with Gasteiger partial charge in [0.2, 0.25) is 5.91 Å². The summed E-state index contributed by atoms with van der Waals surface area (Å²) < 4.78 is 0. The summed E-state index contributed by atoms with van der Waals surface area (Å²) >= 11 is 1.60. The molecule has 1 saturated heterocycles. The van der Waals surface area contributed by atoms with Crippen LogP contribution in [0.25, 0.3) is 10.9 Å². The number of nitrogens with one attached hydrogen (secondary N) is 1. The minimum atomic E-state index is -0.499. The van der Waals surface area contributed by atoms with E-state index < -0.39 is 6.04 Å². The molecule has 1 fully saturated rings. The van der Waals surface area contributed by atoms with E-state index in [4.69, 9.17) is 0 Å². The Hall–Kier alpha value is -2.86. The number of benzene rings is 2. The second kappa shape index (κ2) is 7.87. The van der Waals surface area contributed by atoms with Gasteiger partial charge >= 0.3 is 0 Å². The molecule has 1 N–H and O–H groups in total. The minimum Gasteiger partial charge on any atom is -0.324 e. The summed E-state index contributed by atoms with van der Waals surface area (Å²) in [4.78, 5) is 32.5. The maximum absolute atomic E-state index is 13.4. The fourth-order valence-corrected chi connectivity index (χ4v) is 4.70. The molecule has 2 aromatic carbocycles. The first-order chi connectivity index (χ1) is 13.9. The monoisotopic (exact) mass is 405 g/mol. The fraction of sp³-hybridized carbons (Fsp3) is 0.261. The standard InChI is InChI=1S/C23H23N3O2S/c1-14-8-9-17(10-15(14)2)25-22(27)21-12-29-13-26(21)23(28)19-11-16(3)24-20-7-5-4-6-18(19)20/h4-11,21H,12-13H2,1-3H3,(H,25,27). The van der Waals surface area contributed by atoms with E-state index in [2.05, 4.69) is 10.3 Å². The first-order valence-corrected chi connectivity index (χ1v) is 10.7. The van der Waals surface area contributed by atoms with E-state index in [1.165, 1.54) is 5.56 Å². The lowest BCUT2D eigenvalue weighted by Crippen LogP contribution is -2.44. The van der Waals surface area contributed by atoms with Gasteiger partial charge < -0.3 is 10.2 Å². The lowest BCUT2D eigenvalue weighted by molar-refractivity contribution is -0.119. The van der Waals surface area contributed by atoms with E-state index >= 15 is 0 Å². The normalized spacial score (nSPS) is 16.2. The average Bonchev–Trinajstić information content (AvgIpc) is 3.19. The van der Waals surface area contributed by atoms with Crippen molar-refractivity contribution in [2.45, 2.75) is 26.8 Å². The molecule has 4 rings (SSSR count). The van der Waals surface area contributed by atoms with E-state index in [-0.39, 0.29) is 11.8 Å². The van der Waals surface area contributed by atoms with Crippen LogP contribution >= 0.6 is 11.8 Å². The van der Waals surface area contributed by atoms with Crippen LogP contribution in [0.2, 0.25) is 0 Å². The number of thioether (sulfide) groups is 1. The Morgan fingerprint density at radius 3 is 2.66 bits per heavy atom. The van der Waals surface area contributed by atoms with Gasteiger partial charge in [-0.25, -0.2) is 0 Å². The summed E-state index contributed by atoms with van der Waals surface area (Å²) in [5.74, 6) is 0.808. The fourth-order valence-electron chi connectivity index (χ4n) is 3.54. The quantitative estimate of drug-likeness (QED) is 0.705. The molecule has 1 aliphatic rings. The third-order valence-electron chi connectivity index (χ3n) is 5.29. The van der Waals surface area contributed by atoms with E-state index in [9.17, 15) is 9.59 Å². The number of pyridine rings is 1. The topological polar surface area (TPSA) is 62.3 Å². The summed E-state index contributed by atoms with van der Waals surface area (Å²) in [7, 11) is 0. The van der Waals surface area contributed by atoms with Gasteiger partial charge in [0.1, 0.15) is 6.04 Å². The molecule has 0 spiro atoms. The molecule has 0 aliphatic carbocycles. The van der Waals surface area contributed by atoms with Crippen molar-refractivity contribution in [1.82, 2.24) is 9.88 Å². The van der Waals surface area contributed by atoms with Crippen LogP contribution in [0.5, 0.6) is 0 Å². The number of anilines is 1. The molecular formula is C23H23N3O2S. The lowest BCUT2D eigenvalue weighted by Gasteiger charge is -2.24. The van der Waals surface area contributed by atoms with Crippen LogP contribution in [0, 0.1) is 20.8 Å². The highest BCUT2D eigenvalue weighted by molar-refractivity contribution is 7.99. The number of amides is 2. The van der Waals surface area contributed by atoms with E-state index in [0.717, 1.165) is 27.8 Å². The predicted molar refractivity (Wildman–Crippen MR) is 118 cm³/mol. The van der Waals surface area contributed by atoms with Crippen molar-refractivity contribution in [2.24, 2.45) is 0 Å². The zero-order valence-corrected chi connectivity index (χ0v) is 17.5. The van der Waals surface area contributed by atoms with Crippen molar-refractivity contribution < 1.29 is 9.59 Å². The molecule has 5 nitrogen and oxygen atoms in total. The van der Waals surface area contributed by atoms with Gasteiger partial charge in [0, 0.05) is 22.5 Å². The van der Waals surface area contributed by atoms with Crippen molar-refractivity contribution >= 4 is 40.2 Å². The predicted octanol–water partition coefficient (Wildman–Crippen LogP) is 4.31. The van der Waals surface area contributed by atoms with Crippen LogP contribution < -0.4 is 5.32 Å². The third-order valence-corrected chi connectivity index (χ3v) is 6.31. The second-order valence-corrected chi connectivity index (χ2v) is 8.41. The highest BCUT2D eigenvalue weighted by Crippen LogP contribution is 2.27. The van der Waals surface area contributed by atoms with Gasteiger partial charge in [-0.3, -0.25) is 14.6 Å². The molecule has 1 aromatic heterocycles. The number of fused-ring (bicyclic) bond motifs is 1. The Morgan fingerprint density at radius 2 is 1.86 bits per heavy atom. The Labute approximate surface area is 174 Å². The number of aromatic nitrogens is 1. The molecule has 29 heavy (non-hydrogen) atoms. The Kier molecular flexibility index (Phi) is 5.28. The average molecular weight is 406 g/mol. The number of para-hydroxylation sites is 1. The lowest BCUT2D eigenvalue weighted by atomic mass is 10.1. The van der Waals surface area contributed by atoms with Gasteiger partial charge in [-0.2, -0.15) is 0 Å². The van der Waals surface area contributed by atoms with Gasteiger partial charge in [0.05, 0.1) is 17.0 Å². The first-order valence-electron chi connectivity index (χ1n) is 9.57. The minimum absolute atomic E-state index is 0.128. The van der Waals surface area contributed by atoms with Crippen LogP contribution in [0.4, 0.5) is 5.69 Å². The van der Waals surface area contributed by atoms with Crippen LogP contribution in [-0.4, -0.2) is 39.4 Å². The molecule has 0 bridgehead atoms. The molecule has 6 heteroatoms. The molecule has 0 saturated carbocycles. The number of carbonyl (C=O) groups excluding carboxylic acids is 2. The number of hydrogen-bond donors (Lipinski definition) is 1. The van der Waals surface area contributed by atoms with E-state index in [1.807, 2.05) is 69.3 Å². The molecule has 2 amide bonds. The Balaban J connectivity index is 1.60. The van der Waals surface area contributed by atoms with Crippen molar-refractivity contribution in [1.29, 1.82) is 0 Å². The van der Waals surface area contributed by atoms with Crippen LogP contribution in [0.15, 0.2) is 48.5 Å². The second-order valence-electron chi connectivity index (χ2n) is 7.41. The number of rotatable bonds is 3. The van der Waals surface area contributed by atoms with Crippen molar-refractivity contribution in [2.75, 3.05) is 16.9 Å². The first kappa shape index (κ1) is 19.5. The Morgan fingerprint density at radius 1 is 1.07 bits per heavy atom. The number of nitrogens with zero attached hydrogens (tertiary/aromatic N) is 2. The van der Waals surface area contributed by atoms with Gasteiger partial charge in [-0.05, 0) is 56.2 Å². The largest absolute Gasteiger partial charge is 0.324 e. The molecular weight excluding hydrogens is 382 g/mol. The maximum atomic E-state index is 13.4. The zero-order valence-electron chi connectivity index (χ0n) is 16.7. The van der Waals surface area contributed by atoms with Crippen LogP contribution in [-0.2, 0) is 4.79 Å².